The Labute approximate surface area is 179 Å². The van der Waals surface area contributed by atoms with Crippen molar-refractivity contribution in [2.24, 2.45) is 0 Å². The van der Waals surface area contributed by atoms with Crippen LogP contribution in [0.3, 0.4) is 0 Å². The van der Waals surface area contributed by atoms with E-state index in [9.17, 15) is 9.59 Å². The fourth-order valence-corrected chi connectivity index (χ4v) is 4.48. The van der Waals surface area contributed by atoms with Gasteiger partial charge in [-0.1, -0.05) is 30.3 Å². The number of ketones is 1. The zero-order chi connectivity index (χ0) is 21.7. The molecule has 0 saturated carbocycles. The first-order valence-corrected chi connectivity index (χ1v) is 10.5. The average Bonchev–Trinajstić information content (AvgIpc) is 3.23. The molecule has 2 atom stereocenters. The van der Waals surface area contributed by atoms with Crippen molar-refractivity contribution >= 4 is 11.7 Å². The number of nitrogens with zero attached hydrogens (tertiary/aromatic N) is 1. The van der Waals surface area contributed by atoms with E-state index in [2.05, 4.69) is 0 Å². The summed E-state index contributed by atoms with van der Waals surface area (Å²) in [5.74, 6) is 1.46. The van der Waals surface area contributed by atoms with Crippen molar-refractivity contribution in [1.82, 2.24) is 4.90 Å². The molecule has 0 bridgehead atoms. The van der Waals surface area contributed by atoms with Crippen molar-refractivity contribution in [3.05, 3.63) is 59.2 Å². The first-order valence-electron chi connectivity index (χ1n) is 10.5. The summed E-state index contributed by atoms with van der Waals surface area (Å²) >= 11 is 0. The van der Waals surface area contributed by atoms with Gasteiger partial charge in [0.05, 0.1) is 20.3 Å². The Balaban J connectivity index is 1.82. The summed E-state index contributed by atoms with van der Waals surface area (Å²) in [7, 11) is 3.23. The van der Waals surface area contributed by atoms with E-state index in [-0.39, 0.29) is 23.7 Å². The van der Waals surface area contributed by atoms with Gasteiger partial charge in [-0.2, -0.15) is 0 Å². The maximum absolute atomic E-state index is 13.3. The second kappa shape index (κ2) is 9.79. The second-order valence-corrected chi connectivity index (χ2v) is 8.02. The highest BCUT2D eigenvalue weighted by molar-refractivity contribution is 5.81. The minimum Gasteiger partial charge on any atom is -0.493 e. The normalized spacial score (nSPS) is 16.9. The number of rotatable bonds is 8. The SMILES string of the molecule is COc1ccc(C2CCCN2C(=O)CC(CC(C)=O)c2ccccc2C)cc1OC. The maximum atomic E-state index is 13.3. The second-order valence-electron chi connectivity index (χ2n) is 8.02. The molecule has 1 fully saturated rings. The minimum absolute atomic E-state index is 0.0205. The molecule has 0 radical (unpaired) electrons. The van der Waals surface area contributed by atoms with Crippen LogP contribution in [0, 0.1) is 6.92 Å². The Morgan fingerprint density at radius 2 is 1.80 bits per heavy atom. The number of carbonyl (C=O) groups excluding carboxylic acids is 2. The Bertz CT molecular complexity index is 908. The number of hydrogen-bond acceptors (Lipinski definition) is 4. The van der Waals surface area contributed by atoms with Gasteiger partial charge in [0, 0.05) is 19.4 Å². The number of likely N-dealkylation sites (tertiary alicyclic amines) is 1. The summed E-state index contributed by atoms with van der Waals surface area (Å²) in [5, 5.41) is 0. The molecular formula is C25H31NO4. The molecule has 30 heavy (non-hydrogen) atoms. The van der Waals surface area contributed by atoms with Crippen molar-refractivity contribution in [1.29, 1.82) is 0 Å². The standard InChI is InChI=1S/C25H31NO4/c1-17-8-5-6-9-21(17)20(14-18(2)27)16-25(28)26-13-7-10-22(26)19-11-12-23(29-3)24(15-19)30-4/h5-6,8-9,11-12,15,20,22H,7,10,13-14,16H2,1-4H3. The first kappa shape index (κ1) is 21.9. The quantitative estimate of drug-likeness (QED) is 0.627. The third kappa shape index (κ3) is 4.84. The van der Waals surface area contributed by atoms with Crippen molar-refractivity contribution in [3.63, 3.8) is 0 Å². The van der Waals surface area contributed by atoms with Crippen LogP contribution in [0.2, 0.25) is 0 Å². The molecule has 2 aromatic rings. The number of Topliss-reactive ketones (excluding diaryl/α,β-unsaturated/α-hetero) is 1. The smallest absolute Gasteiger partial charge is 0.223 e. The summed E-state index contributed by atoms with van der Waals surface area (Å²) in [6, 6.07) is 13.9. The van der Waals surface area contributed by atoms with Crippen LogP contribution in [0.1, 0.15) is 61.3 Å². The summed E-state index contributed by atoms with van der Waals surface area (Å²) in [5.41, 5.74) is 3.26. The van der Waals surface area contributed by atoms with E-state index in [0.717, 1.165) is 36.1 Å². The van der Waals surface area contributed by atoms with Gasteiger partial charge in [-0.05, 0) is 61.4 Å². The Hall–Kier alpha value is -2.82. The van der Waals surface area contributed by atoms with Crippen LogP contribution < -0.4 is 9.47 Å². The Kier molecular flexibility index (Phi) is 7.14. The summed E-state index contributed by atoms with van der Waals surface area (Å²) in [6.45, 7) is 4.37. The van der Waals surface area contributed by atoms with E-state index in [0.29, 0.717) is 24.3 Å². The van der Waals surface area contributed by atoms with Crippen LogP contribution in [0.4, 0.5) is 0 Å². The lowest BCUT2D eigenvalue weighted by molar-refractivity contribution is -0.132. The van der Waals surface area contributed by atoms with Crippen LogP contribution in [0.25, 0.3) is 0 Å². The van der Waals surface area contributed by atoms with E-state index in [1.807, 2.05) is 54.3 Å². The van der Waals surface area contributed by atoms with Crippen molar-refractivity contribution < 1.29 is 19.1 Å². The van der Waals surface area contributed by atoms with Crippen molar-refractivity contribution in [2.75, 3.05) is 20.8 Å². The summed E-state index contributed by atoms with van der Waals surface area (Å²) < 4.78 is 10.8. The highest BCUT2D eigenvalue weighted by atomic mass is 16.5. The topological polar surface area (TPSA) is 55.8 Å². The van der Waals surface area contributed by atoms with E-state index in [1.165, 1.54) is 0 Å². The molecule has 0 N–H and O–H groups in total. The van der Waals surface area contributed by atoms with E-state index >= 15 is 0 Å². The average molecular weight is 410 g/mol. The molecule has 5 heteroatoms. The fraction of sp³-hybridized carbons (Fsp3) is 0.440. The molecule has 160 valence electrons. The molecule has 0 aliphatic carbocycles. The lowest BCUT2D eigenvalue weighted by atomic mass is 9.87. The van der Waals surface area contributed by atoms with Gasteiger partial charge in [-0.15, -0.1) is 0 Å². The summed E-state index contributed by atoms with van der Waals surface area (Å²) in [4.78, 5) is 27.2. The molecular weight excluding hydrogens is 378 g/mol. The van der Waals surface area contributed by atoms with E-state index < -0.39 is 0 Å². The number of ether oxygens (including phenoxy) is 2. The minimum atomic E-state index is -0.0946. The summed E-state index contributed by atoms with van der Waals surface area (Å²) in [6.07, 6.45) is 2.61. The largest absolute Gasteiger partial charge is 0.493 e. The molecule has 1 heterocycles. The first-order chi connectivity index (χ1) is 14.4. The molecule has 2 unspecified atom stereocenters. The lowest BCUT2D eigenvalue weighted by Gasteiger charge is -2.28. The molecule has 0 spiro atoms. The van der Waals surface area contributed by atoms with Gasteiger partial charge >= 0.3 is 0 Å². The van der Waals surface area contributed by atoms with Crippen LogP contribution in [0.15, 0.2) is 42.5 Å². The van der Waals surface area contributed by atoms with Gasteiger partial charge in [0.1, 0.15) is 5.78 Å². The molecule has 1 amide bonds. The third-order valence-electron chi connectivity index (χ3n) is 5.95. The highest BCUT2D eigenvalue weighted by Crippen LogP contribution is 2.38. The number of aryl methyl sites for hydroxylation is 1. The Morgan fingerprint density at radius 1 is 1.07 bits per heavy atom. The number of hydrogen-bond donors (Lipinski definition) is 0. The lowest BCUT2D eigenvalue weighted by Crippen LogP contribution is -2.32. The number of carbonyl (C=O) groups is 2. The number of methoxy groups -OCH3 is 2. The van der Waals surface area contributed by atoms with Gasteiger partial charge in [-0.25, -0.2) is 0 Å². The zero-order valence-corrected chi connectivity index (χ0v) is 18.3. The van der Waals surface area contributed by atoms with Crippen molar-refractivity contribution in [3.8, 4) is 11.5 Å². The van der Waals surface area contributed by atoms with Crippen LogP contribution in [0.5, 0.6) is 11.5 Å². The zero-order valence-electron chi connectivity index (χ0n) is 18.3. The van der Waals surface area contributed by atoms with Gasteiger partial charge in [0.15, 0.2) is 11.5 Å². The van der Waals surface area contributed by atoms with Crippen LogP contribution in [-0.4, -0.2) is 37.4 Å². The van der Waals surface area contributed by atoms with Gasteiger partial charge < -0.3 is 19.2 Å². The predicted molar refractivity (Wildman–Crippen MR) is 117 cm³/mol. The van der Waals surface area contributed by atoms with Crippen LogP contribution in [-0.2, 0) is 9.59 Å². The maximum Gasteiger partial charge on any atom is 0.223 e. The molecule has 0 aromatic heterocycles. The number of benzene rings is 2. The molecule has 5 nitrogen and oxygen atoms in total. The van der Waals surface area contributed by atoms with Crippen molar-refractivity contribution in [2.45, 2.75) is 51.5 Å². The molecule has 1 aliphatic heterocycles. The molecule has 3 rings (SSSR count). The Morgan fingerprint density at radius 3 is 2.47 bits per heavy atom. The number of amides is 1. The third-order valence-corrected chi connectivity index (χ3v) is 5.95. The predicted octanol–water partition coefficient (Wildman–Crippen LogP) is 4.83. The van der Waals surface area contributed by atoms with Crippen LogP contribution >= 0.6 is 0 Å². The van der Waals surface area contributed by atoms with Gasteiger partial charge in [0.25, 0.3) is 0 Å². The molecule has 2 aromatic carbocycles. The molecule has 1 saturated heterocycles. The van der Waals surface area contributed by atoms with E-state index in [4.69, 9.17) is 9.47 Å². The monoisotopic (exact) mass is 409 g/mol. The van der Waals surface area contributed by atoms with Gasteiger partial charge in [-0.3, -0.25) is 4.79 Å². The molecule has 1 aliphatic rings. The van der Waals surface area contributed by atoms with E-state index in [1.54, 1.807) is 21.1 Å². The van der Waals surface area contributed by atoms with Gasteiger partial charge in [0.2, 0.25) is 5.91 Å². The highest BCUT2D eigenvalue weighted by Gasteiger charge is 2.32. The fourth-order valence-electron chi connectivity index (χ4n) is 4.48.